The van der Waals surface area contributed by atoms with Gasteiger partial charge in [0.05, 0.1) is 18.7 Å². The maximum atomic E-state index is 13.9. The van der Waals surface area contributed by atoms with Crippen molar-refractivity contribution in [3.05, 3.63) is 29.8 Å². The molecule has 1 fully saturated rings. The Morgan fingerprint density at radius 2 is 2.37 bits per heavy atom. The molecule has 0 radical (unpaired) electrons. The van der Waals surface area contributed by atoms with Crippen LogP contribution in [0.15, 0.2) is 22.7 Å². The largest absolute Gasteiger partial charge is 0.497 e. The standard InChI is InChI=1S/C13H14FN3O2/c1-18-8-4-5-9(10(14)7-8)13-16-12(17-19-13)11-3-2-6-15-11/h4-5,7,11,15H,2-3,6H2,1H3. The molecule has 1 saturated heterocycles. The molecule has 1 atom stereocenters. The lowest BCUT2D eigenvalue weighted by Crippen LogP contribution is -2.14. The first kappa shape index (κ1) is 12.1. The van der Waals surface area contributed by atoms with Gasteiger partial charge in [-0.05, 0) is 31.5 Å². The van der Waals surface area contributed by atoms with E-state index in [1.807, 2.05) is 0 Å². The van der Waals surface area contributed by atoms with Gasteiger partial charge in [-0.2, -0.15) is 4.98 Å². The molecule has 2 aromatic rings. The first-order valence-electron chi connectivity index (χ1n) is 6.19. The zero-order valence-corrected chi connectivity index (χ0v) is 10.5. The number of rotatable bonds is 3. The highest BCUT2D eigenvalue weighted by Gasteiger charge is 2.23. The van der Waals surface area contributed by atoms with E-state index in [9.17, 15) is 4.39 Å². The van der Waals surface area contributed by atoms with Crippen LogP contribution >= 0.6 is 0 Å². The van der Waals surface area contributed by atoms with Gasteiger partial charge in [-0.25, -0.2) is 4.39 Å². The molecule has 1 aliphatic rings. The summed E-state index contributed by atoms with van der Waals surface area (Å²) in [4.78, 5) is 4.26. The molecule has 1 unspecified atom stereocenters. The lowest BCUT2D eigenvalue weighted by molar-refractivity contribution is 0.406. The summed E-state index contributed by atoms with van der Waals surface area (Å²) >= 11 is 0. The second-order valence-electron chi connectivity index (χ2n) is 4.45. The molecule has 0 saturated carbocycles. The Hall–Kier alpha value is -1.95. The van der Waals surface area contributed by atoms with Crippen molar-refractivity contribution in [2.75, 3.05) is 13.7 Å². The number of nitrogens with zero attached hydrogens (tertiary/aromatic N) is 2. The summed E-state index contributed by atoms with van der Waals surface area (Å²) in [6.07, 6.45) is 2.06. The maximum Gasteiger partial charge on any atom is 0.260 e. The summed E-state index contributed by atoms with van der Waals surface area (Å²) in [7, 11) is 1.49. The second kappa shape index (κ2) is 4.97. The van der Waals surface area contributed by atoms with E-state index >= 15 is 0 Å². The average Bonchev–Trinajstić information content (AvgIpc) is 3.09. The predicted octanol–water partition coefficient (Wildman–Crippen LogP) is 2.31. The maximum absolute atomic E-state index is 13.9. The Morgan fingerprint density at radius 3 is 3.05 bits per heavy atom. The molecule has 1 N–H and O–H groups in total. The molecule has 0 spiro atoms. The second-order valence-corrected chi connectivity index (χ2v) is 4.45. The van der Waals surface area contributed by atoms with E-state index in [1.54, 1.807) is 12.1 Å². The van der Waals surface area contributed by atoms with Crippen LogP contribution in [-0.2, 0) is 0 Å². The third kappa shape index (κ3) is 2.31. The van der Waals surface area contributed by atoms with Gasteiger partial charge in [-0.15, -0.1) is 0 Å². The molecule has 0 aliphatic carbocycles. The number of ether oxygens (including phenoxy) is 1. The molecule has 6 heteroatoms. The monoisotopic (exact) mass is 263 g/mol. The van der Waals surface area contributed by atoms with Gasteiger partial charge < -0.3 is 14.6 Å². The number of halogens is 1. The van der Waals surface area contributed by atoms with Crippen molar-refractivity contribution >= 4 is 0 Å². The molecule has 1 aromatic carbocycles. The highest BCUT2D eigenvalue weighted by Crippen LogP contribution is 2.27. The number of methoxy groups -OCH3 is 1. The van der Waals surface area contributed by atoms with Crippen LogP contribution in [0.25, 0.3) is 11.5 Å². The molecule has 3 rings (SSSR count). The lowest BCUT2D eigenvalue weighted by atomic mass is 10.2. The number of aromatic nitrogens is 2. The fraction of sp³-hybridized carbons (Fsp3) is 0.385. The van der Waals surface area contributed by atoms with Crippen LogP contribution in [0.5, 0.6) is 5.75 Å². The summed E-state index contributed by atoms with van der Waals surface area (Å²) in [6.45, 7) is 0.950. The van der Waals surface area contributed by atoms with Crippen molar-refractivity contribution in [2.24, 2.45) is 0 Å². The van der Waals surface area contributed by atoms with E-state index in [4.69, 9.17) is 9.26 Å². The summed E-state index contributed by atoms with van der Waals surface area (Å²) in [5.74, 6) is 0.805. The lowest BCUT2D eigenvalue weighted by Gasteiger charge is -2.02. The van der Waals surface area contributed by atoms with Crippen LogP contribution in [0.3, 0.4) is 0 Å². The molecule has 1 aromatic heterocycles. The zero-order valence-electron chi connectivity index (χ0n) is 10.5. The van der Waals surface area contributed by atoms with Crippen molar-refractivity contribution in [3.63, 3.8) is 0 Å². The highest BCUT2D eigenvalue weighted by molar-refractivity contribution is 5.55. The van der Waals surface area contributed by atoms with Crippen molar-refractivity contribution in [1.82, 2.24) is 15.5 Å². The molecule has 19 heavy (non-hydrogen) atoms. The minimum atomic E-state index is -0.436. The van der Waals surface area contributed by atoms with Crippen molar-refractivity contribution in [2.45, 2.75) is 18.9 Å². The Labute approximate surface area is 109 Å². The average molecular weight is 263 g/mol. The van der Waals surface area contributed by atoms with Crippen LogP contribution in [0.2, 0.25) is 0 Å². The molecule has 100 valence electrons. The fourth-order valence-electron chi connectivity index (χ4n) is 2.19. The zero-order chi connectivity index (χ0) is 13.2. The first-order valence-corrected chi connectivity index (χ1v) is 6.19. The van der Waals surface area contributed by atoms with Crippen LogP contribution in [-0.4, -0.2) is 23.8 Å². The van der Waals surface area contributed by atoms with Gasteiger partial charge >= 0.3 is 0 Å². The molecular weight excluding hydrogens is 249 g/mol. The van der Waals surface area contributed by atoms with E-state index in [1.165, 1.54) is 13.2 Å². The first-order chi connectivity index (χ1) is 9.28. The van der Waals surface area contributed by atoms with Gasteiger partial charge in [-0.1, -0.05) is 5.16 Å². The highest BCUT2D eigenvalue weighted by atomic mass is 19.1. The van der Waals surface area contributed by atoms with Crippen molar-refractivity contribution < 1.29 is 13.7 Å². The summed E-state index contributed by atoms with van der Waals surface area (Å²) in [6, 6.07) is 4.65. The Balaban J connectivity index is 1.89. The van der Waals surface area contributed by atoms with Gasteiger partial charge in [0, 0.05) is 6.07 Å². The molecular formula is C13H14FN3O2. The predicted molar refractivity (Wildman–Crippen MR) is 66.2 cm³/mol. The Morgan fingerprint density at radius 1 is 1.47 bits per heavy atom. The topological polar surface area (TPSA) is 60.2 Å². The SMILES string of the molecule is COc1ccc(-c2nc(C3CCCN3)no2)c(F)c1. The normalized spacial score (nSPS) is 18.7. The molecule has 0 bridgehead atoms. The minimum Gasteiger partial charge on any atom is -0.497 e. The van der Waals surface area contributed by atoms with Crippen LogP contribution < -0.4 is 10.1 Å². The van der Waals surface area contributed by atoms with Gasteiger partial charge in [0.1, 0.15) is 11.6 Å². The van der Waals surface area contributed by atoms with E-state index in [0.29, 0.717) is 11.6 Å². The number of hydrogen-bond donors (Lipinski definition) is 1. The van der Waals surface area contributed by atoms with Crippen LogP contribution in [0.1, 0.15) is 24.7 Å². The third-order valence-corrected chi connectivity index (χ3v) is 3.22. The van der Waals surface area contributed by atoms with Gasteiger partial charge in [0.15, 0.2) is 5.82 Å². The third-order valence-electron chi connectivity index (χ3n) is 3.22. The summed E-state index contributed by atoms with van der Waals surface area (Å²) in [5, 5.41) is 7.18. The number of hydrogen-bond acceptors (Lipinski definition) is 5. The quantitative estimate of drug-likeness (QED) is 0.920. The van der Waals surface area contributed by atoms with Gasteiger partial charge in [0.25, 0.3) is 5.89 Å². The van der Waals surface area contributed by atoms with Gasteiger partial charge in [-0.3, -0.25) is 0 Å². The number of nitrogens with one attached hydrogen (secondary N) is 1. The molecule has 1 aliphatic heterocycles. The smallest absolute Gasteiger partial charge is 0.260 e. The van der Waals surface area contributed by atoms with Crippen LogP contribution in [0.4, 0.5) is 4.39 Å². The van der Waals surface area contributed by atoms with E-state index < -0.39 is 5.82 Å². The summed E-state index contributed by atoms with van der Waals surface area (Å²) in [5.41, 5.74) is 0.289. The Bertz CT molecular complexity index is 579. The molecule has 2 heterocycles. The minimum absolute atomic E-state index is 0.110. The van der Waals surface area contributed by atoms with E-state index in [-0.39, 0.29) is 17.5 Å². The summed E-state index contributed by atoms with van der Waals surface area (Å²) < 4.78 is 24.0. The van der Waals surface area contributed by atoms with Crippen LogP contribution in [0, 0.1) is 5.82 Å². The van der Waals surface area contributed by atoms with E-state index in [2.05, 4.69) is 15.5 Å². The molecule has 5 nitrogen and oxygen atoms in total. The van der Waals surface area contributed by atoms with Gasteiger partial charge in [0.2, 0.25) is 0 Å². The Kier molecular flexibility index (Phi) is 3.16. The van der Waals surface area contributed by atoms with Crippen molar-refractivity contribution in [1.29, 1.82) is 0 Å². The van der Waals surface area contributed by atoms with Crippen molar-refractivity contribution in [3.8, 4) is 17.2 Å². The van der Waals surface area contributed by atoms with E-state index in [0.717, 1.165) is 19.4 Å². The molecule has 0 amide bonds. The fourth-order valence-corrected chi connectivity index (χ4v) is 2.19. The number of benzene rings is 1.